The number of aromatic nitrogens is 3. The molecule has 5 rings (SSSR count). The summed E-state index contributed by atoms with van der Waals surface area (Å²) in [5.74, 6) is 0.781. The highest BCUT2D eigenvalue weighted by molar-refractivity contribution is 6.30. The van der Waals surface area contributed by atoms with Crippen LogP contribution in [0.1, 0.15) is 19.3 Å². The van der Waals surface area contributed by atoms with Crippen LogP contribution in [0.15, 0.2) is 36.7 Å². The number of nitrogens with one attached hydrogen (secondary N) is 1. The molecular formula is C19H17ClN4O2. The van der Waals surface area contributed by atoms with Crippen molar-refractivity contribution in [3.63, 3.8) is 0 Å². The number of rotatable bonds is 3. The van der Waals surface area contributed by atoms with Crippen LogP contribution in [0.25, 0.3) is 22.0 Å². The molecule has 1 saturated heterocycles. The van der Waals surface area contributed by atoms with E-state index in [0.29, 0.717) is 34.8 Å². The molecule has 1 aromatic carbocycles. The van der Waals surface area contributed by atoms with E-state index >= 15 is 0 Å². The van der Waals surface area contributed by atoms with E-state index in [1.807, 2.05) is 6.07 Å². The number of fused-ring (bicyclic) bond motifs is 3. The first-order valence-corrected chi connectivity index (χ1v) is 9.00. The molecule has 0 radical (unpaired) electrons. The minimum Gasteiger partial charge on any atom is -0.507 e. The van der Waals surface area contributed by atoms with Gasteiger partial charge < -0.3 is 15.2 Å². The molecule has 2 bridgehead atoms. The number of hydrogen-bond donors (Lipinski definition) is 2. The van der Waals surface area contributed by atoms with Gasteiger partial charge in [0.25, 0.3) is 0 Å². The lowest BCUT2D eigenvalue weighted by Gasteiger charge is -2.28. The van der Waals surface area contributed by atoms with E-state index in [1.54, 1.807) is 24.5 Å². The van der Waals surface area contributed by atoms with Gasteiger partial charge in [0.1, 0.15) is 11.4 Å². The van der Waals surface area contributed by atoms with Crippen molar-refractivity contribution in [2.24, 2.45) is 0 Å². The Morgan fingerprint density at radius 2 is 2.15 bits per heavy atom. The van der Waals surface area contributed by atoms with E-state index in [-0.39, 0.29) is 11.3 Å². The highest BCUT2D eigenvalue weighted by Crippen LogP contribution is 2.42. The van der Waals surface area contributed by atoms with E-state index in [9.17, 15) is 5.11 Å². The van der Waals surface area contributed by atoms with E-state index < -0.39 is 0 Å². The number of nitrogens with zero attached hydrogens (tertiary/aromatic N) is 3. The second-order valence-corrected chi connectivity index (χ2v) is 7.50. The average Bonchev–Trinajstić information content (AvgIpc) is 3.23. The number of ether oxygens (including phenoxy) is 1. The number of pyridine rings is 1. The first-order chi connectivity index (χ1) is 12.6. The van der Waals surface area contributed by atoms with Gasteiger partial charge in [-0.15, -0.1) is 10.2 Å². The highest BCUT2D eigenvalue weighted by Gasteiger charge is 2.46. The number of phenols is 1. The Morgan fingerprint density at radius 3 is 2.88 bits per heavy atom. The largest absolute Gasteiger partial charge is 0.507 e. The summed E-state index contributed by atoms with van der Waals surface area (Å²) in [4.78, 5) is 4.26. The maximum Gasteiger partial charge on any atom is 0.158 e. The molecule has 2 aliphatic rings. The zero-order chi connectivity index (χ0) is 17.7. The third kappa shape index (κ3) is 2.48. The first kappa shape index (κ1) is 15.8. The van der Waals surface area contributed by atoms with Crippen LogP contribution in [0.2, 0.25) is 5.02 Å². The van der Waals surface area contributed by atoms with Gasteiger partial charge in [0.05, 0.1) is 18.2 Å². The SMILES string of the molecule is Oc1cc(Cl)ccc1-c1nnc(N[C@@]23CCC(C2)OC3)c2cnccc12. The lowest BCUT2D eigenvalue weighted by Crippen LogP contribution is -2.37. The summed E-state index contributed by atoms with van der Waals surface area (Å²) in [5, 5.41) is 24.9. The van der Waals surface area contributed by atoms with Crippen molar-refractivity contribution in [2.75, 3.05) is 11.9 Å². The normalized spacial score (nSPS) is 24.3. The molecule has 2 aromatic heterocycles. The Hall–Kier alpha value is -2.44. The Labute approximate surface area is 155 Å². The minimum atomic E-state index is -0.0634. The zero-order valence-corrected chi connectivity index (χ0v) is 14.7. The van der Waals surface area contributed by atoms with E-state index in [1.165, 1.54) is 6.07 Å². The van der Waals surface area contributed by atoms with Gasteiger partial charge in [-0.1, -0.05) is 11.6 Å². The maximum atomic E-state index is 10.3. The lowest BCUT2D eigenvalue weighted by molar-refractivity contribution is 0.0745. The predicted molar refractivity (Wildman–Crippen MR) is 99.4 cm³/mol. The average molecular weight is 369 g/mol. The third-order valence-corrected chi connectivity index (χ3v) is 5.57. The smallest absolute Gasteiger partial charge is 0.158 e. The fourth-order valence-corrected chi connectivity index (χ4v) is 4.19. The van der Waals surface area contributed by atoms with Crippen molar-refractivity contribution >= 4 is 28.2 Å². The number of phenolic OH excluding ortho intramolecular Hbond substituents is 1. The molecule has 132 valence electrons. The summed E-state index contributed by atoms with van der Waals surface area (Å²) < 4.78 is 5.79. The standard InChI is InChI=1S/C19H17ClN4O2/c20-11-1-2-14(16(25)7-11)17-13-4-6-21-9-15(13)18(24-23-17)22-19-5-3-12(8-19)26-10-19/h1-2,4,6-7,9,12,25H,3,5,8,10H2,(H,22,24)/t12?,19-/m0/s1. The Morgan fingerprint density at radius 1 is 1.23 bits per heavy atom. The van der Waals surface area contributed by atoms with Crippen LogP contribution in [-0.4, -0.2) is 38.5 Å². The van der Waals surface area contributed by atoms with Crippen LogP contribution >= 0.6 is 11.6 Å². The van der Waals surface area contributed by atoms with Crippen LogP contribution in [0.4, 0.5) is 5.82 Å². The van der Waals surface area contributed by atoms with E-state index in [4.69, 9.17) is 16.3 Å². The molecule has 26 heavy (non-hydrogen) atoms. The van der Waals surface area contributed by atoms with E-state index in [0.717, 1.165) is 30.0 Å². The molecular weight excluding hydrogens is 352 g/mol. The molecule has 3 aromatic rings. The molecule has 2 atom stereocenters. The van der Waals surface area contributed by atoms with Crippen molar-refractivity contribution < 1.29 is 9.84 Å². The summed E-state index contributed by atoms with van der Waals surface area (Å²) in [7, 11) is 0. The number of anilines is 1. The number of hydrogen-bond acceptors (Lipinski definition) is 6. The summed E-state index contributed by atoms with van der Waals surface area (Å²) in [6.07, 6.45) is 6.99. The molecule has 1 aliphatic heterocycles. The minimum absolute atomic E-state index is 0.0634. The van der Waals surface area contributed by atoms with E-state index in [2.05, 4.69) is 20.5 Å². The second kappa shape index (κ2) is 5.79. The fraction of sp³-hybridized carbons (Fsp3) is 0.316. The Balaban J connectivity index is 1.62. The van der Waals surface area contributed by atoms with Gasteiger partial charge in [0.15, 0.2) is 5.82 Å². The summed E-state index contributed by atoms with van der Waals surface area (Å²) >= 11 is 5.95. The summed E-state index contributed by atoms with van der Waals surface area (Å²) in [6, 6.07) is 6.87. The van der Waals surface area contributed by atoms with Crippen molar-refractivity contribution in [3.8, 4) is 17.0 Å². The number of halogens is 1. The molecule has 3 heterocycles. The maximum absolute atomic E-state index is 10.3. The van der Waals surface area contributed by atoms with Crippen LogP contribution in [0.3, 0.4) is 0 Å². The van der Waals surface area contributed by atoms with Crippen molar-refractivity contribution in [2.45, 2.75) is 30.9 Å². The van der Waals surface area contributed by atoms with Gasteiger partial charge in [0, 0.05) is 33.8 Å². The second-order valence-electron chi connectivity index (χ2n) is 7.06. The van der Waals surface area contributed by atoms with Crippen molar-refractivity contribution in [1.82, 2.24) is 15.2 Å². The van der Waals surface area contributed by atoms with Gasteiger partial charge in [-0.05, 0) is 43.5 Å². The molecule has 6 nitrogen and oxygen atoms in total. The highest BCUT2D eigenvalue weighted by atomic mass is 35.5. The fourth-order valence-electron chi connectivity index (χ4n) is 4.02. The molecule has 0 spiro atoms. The van der Waals surface area contributed by atoms with Gasteiger partial charge in [-0.25, -0.2) is 0 Å². The molecule has 2 fully saturated rings. The number of benzene rings is 1. The van der Waals surface area contributed by atoms with Gasteiger partial charge in [-0.2, -0.15) is 0 Å². The van der Waals surface area contributed by atoms with Crippen molar-refractivity contribution in [3.05, 3.63) is 41.7 Å². The molecule has 1 saturated carbocycles. The summed E-state index contributed by atoms with van der Waals surface area (Å²) in [5.41, 5.74) is 1.13. The molecule has 0 amide bonds. The lowest BCUT2D eigenvalue weighted by atomic mass is 9.99. The Bertz CT molecular complexity index is 1000. The number of aromatic hydroxyl groups is 1. The quantitative estimate of drug-likeness (QED) is 0.732. The van der Waals surface area contributed by atoms with Crippen LogP contribution < -0.4 is 5.32 Å². The van der Waals surface area contributed by atoms with Gasteiger partial charge >= 0.3 is 0 Å². The third-order valence-electron chi connectivity index (χ3n) is 5.34. The van der Waals surface area contributed by atoms with Gasteiger partial charge in [0.2, 0.25) is 0 Å². The molecule has 1 aliphatic carbocycles. The topological polar surface area (TPSA) is 80.2 Å². The molecule has 2 N–H and O–H groups in total. The predicted octanol–water partition coefficient (Wildman–Crippen LogP) is 3.78. The molecule has 7 heteroatoms. The Kier molecular flexibility index (Phi) is 3.52. The first-order valence-electron chi connectivity index (χ1n) is 8.63. The monoisotopic (exact) mass is 368 g/mol. The zero-order valence-electron chi connectivity index (χ0n) is 13.9. The van der Waals surface area contributed by atoms with Crippen LogP contribution in [0, 0.1) is 0 Å². The van der Waals surface area contributed by atoms with Crippen LogP contribution in [0.5, 0.6) is 5.75 Å². The summed E-state index contributed by atoms with van der Waals surface area (Å²) in [6.45, 7) is 0.695. The molecule has 1 unspecified atom stereocenters. The van der Waals surface area contributed by atoms with Crippen LogP contribution in [-0.2, 0) is 4.74 Å². The van der Waals surface area contributed by atoms with Gasteiger partial charge in [-0.3, -0.25) is 4.98 Å². The van der Waals surface area contributed by atoms with Crippen molar-refractivity contribution in [1.29, 1.82) is 0 Å².